The Hall–Kier alpha value is -2.74. The molecule has 1 N–H and O–H groups in total. The van der Waals surface area contributed by atoms with E-state index < -0.39 is 11.0 Å². The first-order chi connectivity index (χ1) is 11.0. The Labute approximate surface area is 134 Å². The number of carbonyl (C=O) groups excluding carboxylic acids is 1. The van der Waals surface area contributed by atoms with Crippen LogP contribution >= 0.6 is 11.6 Å². The van der Waals surface area contributed by atoms with Gasteiger partial charge in [-0.15, -0.1) is 0 Å². The van der Waals surface area contributed by atoms with E-state index >= 15 is 0 Å². The molecule has 1 aliphatic heterocycles. The molecule has 1 aliphatic rings. The first-order valence-electron chi connectivity index (χ1n) is 6.59. The number of β-lactam (4-membered cyclic amide) rings is 1. The molecule has 0 radical (unpaired) electrons. The van der Waals surface area contributed by atoms with Gasteiger partial charge in [-0.3, -0.25) is 14.9 Å². The van der Waals surface area contributed by atoms with Gasteiger partial charge in [-0.1, -0.05) is 11.6 Å². The van der Waals surface area contributed by atoms with Gasteiger partial charge in [0.15, 0.2) is 0 Å². The van der Waals surface area contributed by atoms with Gasteiger partial charge >= 0.3 is 0 Å². The van der Waals surface area contributed by atoms with Crippen molar-refractivity contribution in [3.05, 3.63) is 57.5 Å². The molecule has 7 nitrogen and oxygen atoms in total. The van der Waals surface area contributed by atoms with Gasteiger partial charge in [0.2, 0.25) is 0 Å². The molecule has 9 heteroatoms. The molecule has 2 aromatic rings. The maximum Gasteiger partial charge on any atom is 0.289 e. The Balaban J connectivity index is 1.68. The molecule has 2 heterocycles. The average Bonchev–Trinajstić information content (AvgIpc) is 2.53. The molecule has 1 aromatic carbocycles. The van der Waals surface area contributed by atoms with Crippen molar-refractivity contribution in [2.45, 2.75) is 6.04 Å². The predicted octanol–water partition coefficient (Wildman–Crippen LogP) is 2.61. The number of anilines is 2. The molecule has 0 saturated carbocycles. The summed E-state index contributed by atoms with van der Waals surface area (Å²) in [4.78, 5) is 27.5. The van der Waals surface area contributed by atoms with Crippen LogP contribution in [0.2, 0.25) is 5.02 Å². The summed E-state index contributed by atoms with van der Waals surface area (Å²) in [5.74, 6) is -0.388. The van der Waals surface area contributed by atoms with Crippen LogP contribution in [-0.4, -0.2) is 28.4 Å². The number of pyridine rings is 1. The minimum Gasteiger partial charge on any atom is -0.356 e. The molecule has 1 amide bonds. The van der Waals surface area contributed by atoms with Gasteiger partial charge in [0.25, 0.3) is 11.6 Å². The molecule has 0 bridgehead atoms. The third-order valence-electron chi connectivity index (χ3n) is 3.42. The lowest BCUT2D eigenvalue weighted by molar-refractivity contribution is -0.385. The van der Waals surface area contributed by atoms with E-state index in [9.17, 15) is 19.3 Å². The second-order valence-electron chi connectivity index (χ2n) is 4.90. The number of amides is 1. The van der Waals surface area contributed by atoms with Crippen LogP contribution < -0.4 is 10.2 Å². The summed E-state index contributed by atoms with van der Waals surface area (Å²) in [6.45, 7) is 0.361. The summed E-state index contributed by atoms with van der Waals surface area (Å²) in [5.41, 5.74) is 0.366. The normalized spacial score (nSPS) is 16.9. The zero-order valence-corrected chi connectivity index (χ0v) is 12.3. The summed E-state index contributed by atoms with van der Waals surface area (Å²) in [6, 6.07) is 6.21. The fraction of sp³-hybridized carbons (Fsp3) is 0.143. The van der Waals surface area contributed by atoms with E-state index in [1.165, 1.54) is 29.2 Å². The van der Waals surface area contributed by atoms with Crippen molar-refractivity contribution in [1.82, 2.24) is 4.98 Å². The standard InChI is InChI=1S/C14H10ClFN4O3/c15-11-5-10(20(22)23)6-17-13(11)18-12-7-19(14(12)21)9-3-1-8(16)2-4-9/h1-6,12H,7H2,(H,17,18)/t12-/m1/s1. The van der Waals surface area contributed by atoms with Crippen LogP contribution in [0.1, 0.15) is 0 Å². The summed E-state index contributed by atoms with van der Waals surface area (Å²) in [5, 5.41) is 13.5. The minimum absolute atomic E-state index is 0.0623. The van der Waals surface area contributed by atoms with E-state index in [2.05, 4.69) is 10.3 Å². The van der Waals surface area contributed by atoms with Gasteiger partial charge in [0.1, 0.15) is 23.9 Å². The van der Waals surface area contributed by atoms with Gasteiger partial charge in [-0.05, 0) is 24.3 Å². The lowest BCUT2D eigenvalue weighted by atomic mass is 10.1. The van der Waals surface area contributed by atoms with Crippen molar-refractivity contribution in [1.29, 1.82) is 0 Å². The molecule has 0 aliphatic carbocycles. The van der Waals surface area contributed by atoms with Crippen molar-refractivity contribution in [2.75, 3.05) is 16.8 Å². The van der Waals surface area contributed by atoms with E-state index in [0.717, 1.165) is 12.3 Å². The minimum atomic E-state index is -0.604. The molecular formula is C14H10ClFN4O3. The van der Waals surface area contributed by atoms with Crippen LogP contribution in [0.15, 0.2) is 36.5 Å². The van der Waals surface area contributed by atoms with Crippen LogP contribution in [0, 0.1) is 15.9 Å². The highest BCUT2D eigenvalue weighted by atomic mass is 35.5. The number of hydrogen-bond donors (Lipinski definition) is 1. The highest BCUT2D eigenvalue weighted by molar-refractivity contribution is 6.33. The van der Waals surface area contributed by atoms with Crippen LogP contribution in [0.3, 0.4) is 0 Å². The molecular weight excluding hydrogens is 327 g/mol. The summed E-state index contributed by atoms with van der Waals surface area (Å²) in [7, 11) is 0. The van der Waals surface area contributed by atoms with Gasteiger partial charge in [-0.25, -0.2) is 9.37 Å². The summed E-state index contributed by atoms with van der Waals surface area (Å²) >= 11 is 5.92. The second-order valence-corrected chi connectivity index (χ2v) is 5.31. The third-order valence-corrected chi connectivity index (χ3v) is 3.70. The largest absolute Gasteiger partial charge is 0.356 e. The fourth-order valence-corrected chi connectivity index (χ4v) is 2.40. The van der Waals surface area contributed by atoms with E-state index in [1.54, 1.807) is 0 Å². The van der Waals surface area contributed by atoms with Crippen LogP contribution in [0.25, 0.3) is 0 Å². The number of nitro groups is 1. The van der Waals surface area contributed by atoms with E-state index in [-0.39, 0.29) is 28.3 Å². The average molecular weight is 337 g/mol. The fourth-order valence-electron chi connectivity index (χ4n) is 2.19. The Morgan fingerprint density at radius 3 is 2.65 bits per heavy atom. The van der Waals surface area contributed by atoms with E-state index in [0.29, 0.717) is 12.2 Å². The Bertz CT molecular complexity index is 784. The summed E-state index contributed by atoms with van der Waals surface area (Å²) < 4.78 is 12.9. The number of carbonyl (C=O) groups is 1. The van der Waals surface area contributed by atoms with Crippen molar-refractivity contribution in [3.63, 3.8) is 0 Å². The van der Waals surface area contributed by atoms with E-state index in [1.807, 2.05) is 0 Å². The maximum atomic E-state index is 12.9. The molecule has 3 rings (SSSR count). The maximum absolute atomic E-state index is 12.9. The number of nitrogens with one attached hydrogen (secondary N) is 1. The van der Waals surface area contributed by atoms with Gasteiger partial charge in [-0.2, -0.15) is 0 Å². The van der Waals surface area contributed by atoms with Gasteiger partial charge in [0, 0.05) is 11.8 Å². The molecule has 1 aromatic heterocycles. The smallest absolute Gasteiger partial charge is 0.289 e. The number of nitrogens with zero attached hydrogens (tertiary/aromatic N) is 3. The number of rotatable bonds is 4. The van der Waals surface area contributed by atoms with Crippen LogP contribution in [-0.2, 0) is 4.79 Å². The zero-order valence-electron chi connectivity index (χ0n) is 11.6. The Kier molecular flexibility index (Phi) is 3.83. The Morgan fingerprint density at radius 1 is 1.39 bits per heavy atom. The number of aromatic nitrogens is 1. The number of benzene rings is 1. The second kappa shape index (κ2) is 5.81. The molecule has 1 saturated heterocycles. The molecule has 1 atom stereocenters. The topological polar surface area (TPSA) is 88.4 Å². The SMILES string of the molecule is O=C1[C@H](Nc2ncc([N+](=O)[O-])cc2Cl)CN1c1ccc(F)cc1. The third kappa shape index (κ3) is 2.93. The lowest BCUT2D eigenvalue weighted by Crippen LogP contribution is -2.60. The predicted molar refractivity (Wildman–Crippen MR) is 82.1 cm³/mol. The highest BCUT2D eigenvalue weighted by Crippen LogP contribution is 2.28. The first kappa shape index (κ1) is 15.2. The van der Waals surface area contributed by atoms with Gasteiger partial charge in [0.05, 0.1) is 16.5 Å². The summed E-state index contributed by atoms with van der Waals surface area (Å²) in [6.07, 6.45) is 1.06. The lowest BCUT2D eigenvalue weighted by Gasteiger charge is -2.38. The Morgan fingerprint density at radius 2 is 2.09 bits per heavy atom. The molecule has 0 unspecified atom stereocenters. The van der Waals surface area contributed by atoms with Crippen molar-refractivity contribution < 1.29 is 14.1 Å². The van der Waals surface area contributed by atoms with E-state index in [4.69, 9.17) is 11.6 Å². The van der Waals surface area contributed by atoms with Crippen molar-refractivity contribution in [2.24, 2.45) is 0 Å². The molecule has 118 valence electrons. The monoisotopic (exact) mass is 336 g/mol. The van der Waals surface area contributed by atoms with Crippen molar-refractivity contribution in [3.8, 4) is 0 Å². The number of hydrogen-bond acceptors (Lipinski definition) is 5. The van der Waals surface area contributed by atoms with Crippen LogP contribution in [0.5, 0.6) is 0 Å². The zero-order chi connectivity index (χ0) is 16.6. The molecule has 1 fully saturated rings. The highest BCUT2D eigenvalue weighted by Gasteiger charge is 2.38. The van der Waals surface area contributed by atoms with Crippen LogP contribution in [0.4, 0.5) is 21.6 Å². The number of halogens is 2. The van der Waals surface area contributed by atoms with Gasteiger partial charge < -0.3 is 10.2 Å². The van der Waals surface area contributed by atoms with Crippen molar-refractivity contribution >= 4 is 34.7 Å². The molecule has 23 heavy (non-hydrogen) atoms. The quantitative estimate of drug-likeness (QED) is 0.526. The first-order valence-corrected chi connectivity index (χ1v) is 6.97. The molecule has 0 spiro atoms.